The molecule has 110 valence electrons. The molecule has 2 fully saturated rings. The Balaban J connectivity index is 1.51. The van der Waals surface area contributed by atoms with Gasteiger partial charge in [-0.1, -0.05) is 6.42 Å². The van der Waals surface area contributed by atoms with Gasteiger partial charge in [0.1, 0.15) is 0 Å². The molecule has 20 heavy (non-hydrogen) atoms. The molecular formula is C15H25N5. The van der Waals surface area contributed by atoms with Gasteiger partial charge in [-0.3, -0.25) is 4.90 Å². The van der Waals surface area contributed by atoms with Crippen molar-refractivity contribution in [2.75, 3.05) is 44.2 Å². The highest BCUT2D eigenvalue weighted by Crippen LogP contribution is 2.21. The van der Waals surface area contributed by atoms with Crippen molar-refractivity contribution in [3.05, 3.63) is 18.5 Å². The van der Waals surface area contributed by atoms with Crippen LogP contribution in [0.25, 0.3) is 0 Å². The predicted octanol–water partition coefficient (Wildman–Crippen LogP) is 1.13. The number of piperidine rings is 1. The lowest BCUT2D eigenvalue weighted by atomic mass is 9.90. The number of aromatic nitrogens is 2. The number of hydrogen-bond acceptors (Lipinski definition) is 5. The van der Waals surface area contributed by atoms with Gasteiger partial charge in [0.15, 0.2) is 0 Å². The summed E-state index contributed by atoms with van der Waals surface area (Å²) in [6, 6.07) is 1.87. The van der Waals surface area contributed by atoms with Gasteiger partial charge in [0.2, 0.25) is 5.95 Å². The molecule has 0 bridgehead atoms. The van der Waals surface area contributed by atoms with E-state index in [9.17, 15) is 0 Å². The van der Waals surface area contributed by atoms with Gasteiger partial charge in [-0.25, -0.2) is 9.97 Å². The lowest BCUT2D eigenvalue weighted by molar-refractivity contribution is 0.157. The van der Waals surface area contributed by atoms with E-state index in [4.69, 9.17) is 0 Å². The molecule has 5 heteroatoms. The summed E-state index contributed by atoms with van der Waals surface area (Å²) < 4.78 is 0. The van der Waals surface area contributed by atoms with Crippen molar-refractivity contribution >= 4 is 5.95 Å². The second-order valence-electron chi connectivity index (χ2n) is 6.26. The lowest BCUT2D eigenvalue weighted by Crippen LogP contribution is -2.57. The molecule has 1 N–H and O–H groups in total. The molecule has 0 amide bonds. The van der Waals surface area contributed by atoms with Crippen molar-refractivity contribution in [3.63, 3.8) is 0 Å². The molecule has 0 spiro atoms. The fourth-order valence-electron chi connectivity index (χ4n) is 3.31. The minimum Gasteiger partial charge on any atom is -0.338 e. The highest BCUT2D eigenvalue weighted by molar-refractivity contribution is 5.29. The fraction of sp³-hybridized carbons (Fsp3) is 0.733. The van der Waals surface area contributed by atoms with Crippen LogP contribution in [0.5, 0.6) is 0 Å². The minimum atomic E-state index is 0.309. The van der Waals surface area contributed by atoms with Gasteiger partial charge in [0.05, 0.1) is 0 Å². The maximum absolute atomic E-state index is 4.34. The van der Waals surface area contributed by atoms with Crippen molar-refractivity contribution in [2.45, 2.75) is 31.7 Å². The smallest absolute Gasteiger partial charge is 0.225 e. The largest absolute Gasteiger partial charge is 0.338 e. The SMILES string of the molecule is CC1(CN2CCN(c3ncccn3)CC2)CCCCN1. The van der Waals surface area contributed by atoms with Crippen molar-refractivity contribution in [1.29, 1.82) is 0 Å². The first-order valence-corrected chi connectivity index (χ1v) is 7.75. The molecule has 1 aromatic rings. The van der Waals surface area contributed by atoms with E-state index in [1.807, 2.05) is 18.5 Å². The van der Waals surface area contributed by atoms with Crippen LogP contribution in [0.4, 0.5) is 5.95 Å². The Morgan fingerprint density at radius 1 is 1.15 bits per heavy atom. The van der Waals surface area contributed by atoms with Crippen LogP contribution in [0.1, 0.15) is 26.2 Å². The van der Waals surface area contributed by atoms with Gasteiger partial charge in [0.25, 0.3) is 0 Å². The molecule has 2 saturated heterocycles. The monoisotopic (exact) mass is 275 g/mol. The van der Waals surface area contributed by atoms with Crippen LogP contribution >= 0.6 is 0 Å². The summed E-state index contributed by atoms with van der Waals surface area (Å²) in [5, 5.41) is 3.71. The van der Waals surface area contributed by atoms with Gasteiger partial charge in [-0.2, -0.15) is 0 Å². The van der Waals surface area contributed by atoms with Crippen molar-refractivity contribution in [1.82, 2.24) is 20.2 Å². The van der Waals surface area contributed by atoms with E-state index in [1.165, 1.54) is 25.8 Å². The third-order valence-corrected chi connectivity index (χ3v) is 4.49. The summed E-state index contributed by atoms with van der Waals surface area (Å²) in [6.45, 7) is 8.98. The van der Waals surface area contributed by atoms with Crippen LogP contribution < -0.4 is 10.2 Å². The molecule has 1 atom stereocenters. The van der Waals surface area contributed by atoms with Gasteiger partial charge in [0, 0.05) is 50.7 Å². The molecule has 3 heterocycles. The Kier molecular flexibility index (Phi) is 4.17. The summed E-state index contributed by atoms with van der Waals surface area (Å²) in [6.07, 6.45) is 7.63. The van der Waals surface area contributed by atoms with Gasteiger partial charge >= 0.3 is 0 Å². The van der Waals surface area contributed by atoms with Crippen LogP contribution in [0.2, 0.25) is 0 Å². The Morgan fingerprint density at radius 2 is 1.90 bits per heavy atom. The van der Waals surface area contributed by atoms with Crippen molar-refractivity contribution in [2.24, 2.45) is 0 Å². The van der Waals surface area contributed by atoms with Gasteiger partial charge in [-0.15, -0.1) is 0 Å². The predicted molar refractivity (Wildman–Crippen MR) is 80.9 cm³/mol. The average molecular weight is 275 g/mol. The Hall–Kier alpha value is -1.20. The van der Waals surface area contributed by atoms with Crippen LogP contribution in [0.15, 0.2) is 18.5 Å². The summed E-state index contributed by atoms with van der Waals surface area (Å²) >= 11 is 0. The molecule has 2 aliphatic rings. The third kappa shape index (κ3) is 3.27. The molecule has 0 aromatic carbocycles. The molecular weight excluding hydrogens is 250 g/mol. The molecule has 0 aliphatic carbocycles. The summed E-state index contributed by atoms with van der Waals surface area (Å²) in [5.41, 5.74) is 0.309. The minimum absolute atomic E-state index is 0.309. The van der Waals surface area contributed by atoms with Crippen LogP contribution in [-0.4, -0.2) is 59.7 Å². The number of hydrogen-bond donors (Lipinski definition) is 1. The number of nitrogens with one attached hydrogen (secondary N) is 1. The third-order valence-electron chi connectivity index (χ3n) is 4.49. The number of anilines is 1. The number of rotatable bonds is 3. The maximum atomic E-state index is 4.34. The van der Waals surface area contributed by atoms with E-state index in [0.717, 1.165) is 38.7 Å². The zero-order valence-corrected chi connectivity index (χ0v) is 12.4. The van der Waals surface area contributed by atoms with E-state index < -0.39 is 0 Å². The first kappa shape index (κ1) is 13.8. The number of nitrogens with zero attached hydrogens (tertiary/aromatic N) is 4. The second-order valence-corrected chi connectivity index (χ2v) is 6.26. The highest BCUT2D eigenvalue weighted by atomic mass is 15.3. The Morgan fingerprint density at radius 3 is 2.55 bits per heavy atom. The maximum Gasteiger partial charge on any atom is 0.225 e. The van der Waals surface area contributed by atoms with E-state index in [-0.39, 0.29) is 0 Å². The first-order chi connectivity index (χ1) is 9.75. The normalized spacial score (nSPS) is 28.6. The average Bonchev–Trinajstić information content (AvgIpc) is 2.49. The zero-order chi connectivity index (χ0) is 13.8. The second kappa shape index (κ2) is 6.06. The topological polar surface area (TPSA) is 44.3 Å². The quantitative estimate of drug-likeness (QED) is 0.896. The molecule has 0 saturated carbocycles. The molecule has 0 radical (unpaired) electrons. The fourth-order valence-corrected chi connectivity index (χ4v) is 3.31. The highest BCUT2D eigenvalue weighted by Gasteiger charge is 2.30. The van der Waals surface area contributed by atoms with Crippen LogP contribution in [-0.2, 0) is 0 Å². The summed E-state index contributed by atoms with van der Waals surface area (Å²) in [5.74, 6) is 0.870. The van der Waals surface area contributed by atoms with E-state index in [2.05, 4.69) is 32.0 Å². The zero-order valence-electron chi connectivity index (χ0n) is 12.4. The Labute approximate surface area is 121 Å². The van der Waals surface area contributed by atoms with E-state index >= 15 is 0 Å². The lowest BCUT2D eigenvalue weighted by Gasteiger charge is -2.42. The van der Waals surface area contributed by atoms with Crippen LogP contribution in [0.3, 0.4) is 0 Å². The molecule has 2 aliphatic heterocycles. The van der Waals surface area contributed by atoms with Crippen molar-refractivity contribution < 1.29 is 0 Å². The molecule has 1 aromatic heterocycles. The van der Waals surface area contributed by atoms with E-state index in [0.29, 0.717) is 5.54 Å². The Bertz CT molecular complexity index is 408. The van der Waals surface area contributed by atoms with Gasteiger partial charge in [-0.05, 0) is 32.4 Å². The standard InChI is InChI=1S/C15H25N5/c1-15(5-2-3-8-18-15)13-19-9-11-20(12-10-19)14-16-6-4-7-17-14/h4,6-7,18H,2-3,5,8-13H2,1H3. The van der Waals surface area contributed by atoms with Crippen molar-refractivity contribution in [3.8, 4) is 0 Å². The molecule has 5 nitrogen and oxygen atoms in total. The van der Waals surface area contributed by atoms with E-state index in [1.54, 1.807) is 0 Å². The van der Waals surface area contributed by atoms with Gasteiger partial charge < -0.3 is 10.2 Å². The molecule has 3 rings (SSSR count). The first-order valence-electron chi connectivity index (χ1n) is 7.75. The van der Waals surface area contributed by atoms with Crippen LogP contribution in [0, 0.1) is 0 Å². The number of piperazine rings is 1. The summed E-state index contributed by atoms with van der Waals surface area (Å²) in [7, 11) is 0. The summed E-state index contributed by atoms with van der Waals surface area (Å²) in [4.78, 5) is 13.5. The molecule has 1 unspecified atom stereocenters.